The van der Waals surface area contributed by atoms with Crippen LogP contribution in [0, 0.1) is 5.82 Å². The summed E-state index contributed by atoms with van der Waals surface area (Å²) in [7, 11) is 0. The summed E-state index contributed by atoms with van der Waals surface area (Å²) in [6.07, 6.45) is 0. The second kappa shape index (κ2) is 5.29. The smallest absolute Gasteiger partial charge is 0.131 e. The molecule has 0 amide bonds. The Morgan fingerprint density at radius 2 is 1.05 bits per heavy atom. The van der Waals surface area contributed by atoms with E-state index in [0.717, 1.165) is 11.1 Å². The molecular formula is C18H13FO2. The monoisotopic (exact) mass is 280 g/mol. The van der Waals surface area contributed by atoms with Crippen molar-refractivity contribution >= 4 is 0 Å². The van der Waals surface area contributed by atoms with E-state index in [2.05, 4.69) is 0 Å². The molecule has 0 aliphatic heterocycles. The quantitative estimate of drug-likeness (QED) is 0.721. The minimum Gasteiger partial charge on any atom is -0.508 e. The molecule has 21 heavy (non-hydrogen) atoms. The fourth-order valence-electron chi connectivity index (χ4n) is 2.22. The zero-order valence-corrected chi connectivity index (χ0v) is 11.1. The van der Waals surface area contributed by atoms with Crippen LogP contribution >= 0.6 is 0 Å². The summed E-state index contributed by atoms with van der Waals surface area (Å²) < 4.78 is 14.3. The summed E-state index contributed by atoms with van der Waals surface area (Å²) in [5.41, 5.74) is 2.78. The van der Waals surface area contributed by atoms with E-state index in [-0.39, 0.29) is 17.3 Å². The molecule has 3 rings (SSSR count). The molecule has 3 aromatic rings. The van der Waals surface area contributed by atoms with Gasteiger partial charge in [-0.15, -0.1) is 0 Å². The predicted molar refractivity (Wildman–Crippen MR) is 80.6 cm³/mol. The molecule has 3 heteroatoms. The van der Waals surface area contributed by atoms with Gasteiger partial charge in [0.15, 0.2) is 0 Å². The summed E-state index contributed by atoms with van der Waals surface area (Å²) in [6, 6.07) is 18.0. The Kier molecular flexibility index (Phi) is 3.32. The number of phenolic OH excluding ortho intramolecular Hbond substituents is 2. The Balaban J connectivity index is 1.99. The highest BCUT2D eigenvalue weighted by Crippen LogP contribution is 2.29. The molecule has 0 spiro atoms. The van der Waals surface area contributed by atoms with Gasteiger partial charge >= 0.3 is 0 Å². The van der Waals surface area contributed by atoms with Gasteiger partial charge in [-0.1, -0.05) is 36.4 Å². The highest BCUT2D eigenvalue weighted by atomic mass is 19.1. The average Bonchev–Trinajstić information content (AvgIpc) is 2.49. The normalized spacial score (nSPS) is 10.5. The van der Waals surface area contributed by atoms with Crippen molar-refractivity contribution in [2.45, 2.75) is 0 Å². The van der Waals surface area contributed by atoms with Gasteiger partial charge in [-0.05, 0) is 47.0 Å². The van der Waals surface area contributed by atoms with Gasteiger partial charge < -0.3 is 10.2 Å². The van der Waals surface area contributed by atoms with Gasteiger partial charge in [0.1, 0.15) is 17.3 Å². The van der Waals surface area contributed by atoms with Gasteiger partial charge in [-0.25, -0.2) is 4.39 Å². The third-order valence-corrected chi connectivity index (χ3v) is 3.35. The van der Waals surface area contributed by atoms with Crippen LogP contribution in [-0.2, 0) is 0 Å². The standard InChI is InChI=1S/C18H13FO2/c19-18-11-14(12-1-6-15(20)7-2-12)5-10-17(18)13-3-8-16(21)9-4-13/h1-11,20-21H. The summed E-state index contributed by atoms with van der Waals surface area (Å²) in [5, 5.41) is 18.6. The van der Waals surface area contributed by atoms with Crippen molar-refractivity contribution in [1.82, 2.24) is 0 Å². The topological polar surface area (TPSA) is 40.5 Å². The molecule has 0 radical (unpaired) electrons. The Hall–Kier alpha value is -2.81. The number of rotatable bonds is 2. The van der Waals surface area contributed by atoms with Gasteiger partial charge in [0.05, 0.1) is 0 Å². The summed E-state index contributed by atoms with van der Waals surface area (Å²) in [5.74, 6) is 0.00562. The van der Waals surface area contributed by atoms with Crippen molar-refractivity contribution in [3.8, 4) is 33.8 Å². The molecule has 104 valence electrons. The molecule has 0 heterocycles. The number of phenols is 2. The average molecular weight is 280 g/mol. The molecule has 3 aromatic carbocycles. The fraction of sp³-hybridized carbons (Fsp3) is 0. The third kappa shape index (κ3) is 2.72. The summed E-state index contributed by atoms with van der Waals surface area (Å²) in [6.45, 7) is 0. The zero-order chi connectivity index (χ0) is 14.8. The highest BCUT2D eigenvalue weighted by Gasteiger charge is 2.07. The van der Waals surface area contributed by atoms with Crippen molar-refractivity contribution in [2.24, 2.45) is 0 Å². The molecule has 0 aliphatic carbocycles. The number of halogens is 1. The number of benzene rings is 3. The van der Waals surface area contributed by atoms with Gasteiger partial charge in [0, 0.05) is 5.56 Å². The lowest BCUT2D eigenvalue weighted by Gasteiger charge is -2.07. The maximum atomic E-state index is 14.3. The molecule has 0 unspecified atom stereocenters. The first-order valence-electron chi connectivity index (χ1n) is 6.52. The predicted octanol–water partition coefficient (Wildman–Crippen LogP) is 4.57. The SMILES string of the molecule is Oc1ccc(-c2ccc(-c3ccc(O)cc3)c(F)c2)cc1. The van der Waals surface area contributed by atoms with Gasteiger partial charge in [-0.2, -0.15) is 0 Å². The van der Waals surface area contributed by atoms with E-state index in [1.165, 1.54) is 18.2 Å². The molecule has 2 nitrogen and oxygen atoms in total. The van der Waals surface area contributed by atoms with E-state index in [0.29, 0.717) is 11.1 Å². The Morgan fingerprint density at radius 1 is 0.571 bits per heavy atom. The van der Waals surface area contributed by atoms with Crippen LogP contribution in [0.4, 0.5) is 4.39 Å². The van der Waals surface area contributed by atoms with Crippen molar-refractivity contribution in [2.75, 3.05) is 0 Å². The van der Waals surface area contributed by atoms with E-state index >= 15 is 0 Å². The molecule has 0 atom stereocenters. The lowest BCUT2D eigenvalue weighted by molar-refractivity contribution is 0.475. The largest absolute Gasteiger partial charge is 0.508 e. The molecule has 0 fully saturated rings. The van der Waals surface area contributed by atoms with Crippen molar-refractivity contribution in [3.63, 3.8) is 0 Å². The van der Waals surface area contributed by atoms with E-state index in [9.17, 15) is 14.6 Å². The van der Waals surface area contributed by atoms with E-state index in [1.807, 2.05) is 6.07 Å². The van der Waals surface area contributed by atoms with Crippen molar-refractivity contribution in [1.29, 1.82) is 0 Å². The van der Waals surface area contributed by atoms with E-state index < -0.39 is 0 Å². The third-order valence-electron chi connectivity index (χ3n) is 3.35. The fourth-order valence-corrected chi connectivity index (χ4v) is 2.22. The second-order valence-electron chi connectivity index (χ2n) is 4.79. The van der Waals surface area contributed by atoms with E-state index in [4.69, 9.17) is 0 Å². The van der Waals surface area contributed by atoms with Gasteiger partial charge in [-0.3, -0.25) is 0 Å². The molecule has 0 bridgehead atoms. The first-order chi connectivity index (χ1) is 10.1. The number of hydrogen-bond donors (Lipinski definition) is 2. The van der Waals surface area contributed by atoms with Crippen LogP contribution in [0.1, 0.15) is 0 Å². The van der Waals surface area contributed by atoms with Gasteiger partial charge in [0.25, 0.3) is 0 Å². The Morgan fingerprint density at radius 3 is 1.57 bits per heavy atom. The van der Waals surface area contributed by atoms with Crippen LogP contribution in [-0.4, -0.2) is 10.2 Å². The van der Waals surface area contributed by atoms with Crippen molar-refractivity contribution < 1.29 is 14.6 Å². The lowest BCUT2D eigenvalue weighted by atomic mass is 9.99. The maximum Gasteiger partial charge on any atom is 0.131 e. The lowest BCUT2D eigenvalue weighted by Crippen LogP contribution is -1.86. The second-order valence-corrected chi connectivity index (χ2v) is 4.79. The minimum atomic E-state index is -0.328. The number of hydrogen-bond acceptors (Lipinski definition) is 2. The van der Waals surface area contributed by atoms with Crippen molar-refractivity contribution in [3.05, 3.63) is 72.5 Å². The molecule has 0 aromatic heterocycles. The van der Waals surface area contributed by atoms with Crippen LogP contribution in [0.15, 0.2) is 66.7 Å². The Bertz CT molecular complexity index is 762. The first kappa shape index (κ1) is 13.2. The molecule has 0 saturated carbocycles. The van der Waals surface area contributed by atoms with Crippen LogP contribution in [0.3, 0.4) is 0 Å². The van der Waals surface area contributed by atoms with E-state index in [1.54, 1.807) is 42.5 Å². The van der Waals surface area contributed by atoms with Crippen LogP contribution < -0.4 is 0 Å². The molecule has 2 N–H and O–H groups in total. The number of aromatic hydroxyl groups is 2. The molecule has 0 aliphatic rings. The minimum absolute atomic E-state index is 0.153. The summed E-state index contributed by atoms with van der Waals surface area (Å²) >= 11 is 0. The van der Waals surface area contributed by atoms with Gasteiger partial charge in [0.2, 0.25) is 0 Å². The first-order valence-corrected chi connectivity index (χ1v) is 6.52. The molecule has 0 saturated heterocycles. The summed E-state index contributed by atoms with van der Waals surface area (Å²) in [4.78, 5) is 0. The van der Waals surface area contributed by atoms with Crippen LogP contribution in [0.5, 0.6) is 11.5 Å². The van der Waals surface area contributed by atoms with Crippen LogP contribution in [0.25, 0.3) is 22.3 Å². The zero-order valence-electron chi connectivity index (χ0n) is 11.1. The highest BCUT2D eigenvalue weighted by molar-refractivity contribution is 5.71. The molecular weight excluding hydrogens is 267 g/mol. The maximum absolute atomic E-state index is 14.3. The van der Waals surface area contributed by atoms with Crippen LogP contribution in [0.2, 0.25) is 0 Å². The Labute approximate surface area is 121 Å².